The zero-order chi connectivity index (χ0) is 19.8. The molecule has 0 spiro atoms. The first kappa shape index (κ1) is 21.0. The van der Waals surface area contributed by atoms with Crippen LogP contribution in [0.15, 0.2) is 34.2 Å². The van der Waals surface area contributed by atoms with E-state index in [-0.39, 0.29) is 12.0 Å². The minimum atomic E-state index is 0.263. The molecule has 6 heteroatoms. The van der Waals surface area contributed by atoms with Crippen LogP contribution < -0.4 is 10.6 Å². The van der Waals surface area contributed by atoms with Crippen LogP contribution in [-0.2, 0) is 11.3 Å². The molecule has 28 heavy (non-hydrogen) atoms. The summed E-state index contributed by atoms with van der Waals surface area (Å²) in [6.45, 7) is 5.22. The number of nitrogens with zero attached hydrogens (tertiary/aromatic N) is 2. The number of carbonyl (C=O) groups is 1. The normalized spacial score (nSPS) is 21.0. The summed E-state index contributed by atoms with van der Waals surface area (Å²) < 4.78 is 0. The molecule has 2 fully saturated rings. The van der Waals surface area contributed by atoms with Crippen molar-refractivity contribution in [1.29, 1.82) is 0 Å². The smallest absolute Gasteiger partial charge is 0.225 e. The molecule has 1 amide bonds. The van der Waals surface area contributed by atoms with E-state index < -0.39 is 0 Å². The van der Waals surface area contributed by atoms with Crippen molar-refractivity contribution < 1.29 is 4.79 Å². The summed E-state index contributed by atoms with van der Waals surface area (Å²) in [4.78, 5) is 20.9. The highest BCUT2D eigenvalue weighted by Crippen LogP contribution is 2.26. The second kappa shape index (κ2) is 10.7. The number of carbonyl (C=O) groups excluding carboxylic acids is 1. The fourth-order valence-corrected chi connectivity index (χ4v) is 4.51. The van der Waals surface area contributed by atoms with Crippen molar-refractivity contribution in [3.63, 3.8) is 0 Å². The molecule has 1 aromatic rings. The van der Waals surface area contributed by atoms with Gasteiger partial charge in [-0.15, -0.1) is 11.8 Å². The van der Waals surface area contributed by atoms with Crippen LogP contribution in [0.25, 0.3) is 0 Å². The standard InChI is InChI=1S/C22H34N4OS/c1-3-23-22(24-15-17-9-11-20(28-2)12-10-17)25-19-13-14-26(16-19)21(27)18-7-5-4-6-8-18/h9-12,18-19H,3-8,13-16H2,1-2H3,(H2,23,24,25). The monoisotopic (exact) mass is 402 g/mol. The average Bonchev–Trinajstić information content (AvgIpc) is 3.21. The molecular weight excluding hydrogens is 368 g/mol. The maximum Gasteiger partial charge on any atom is 0.225 e. The van der Waals surface area contributed by atoms with Gasteiger partial charge in [0.25, 0.3) is 0 Å². The zero-order valence-electron chi connectivity index (χ0n) is 17.2. The van der Waals surface area contributed by atoms with E-state index in [4.69, 9.17) is 4.99 Å². The highest BCUT2D eigenvalue weighted by molar-refractivity contribution is 7.98. The van der Waals surface area contributed by atoms with Crippen LogP contribution in [0, 0.1) is 5.92 Å². The molecule has 0 radical (unpaired) electrons. The molecule has 1 heterocycles. The predicted octanol–water partition coefficient (Wildman–Crippen LogP) is 3.64. The van der Waals surface area contributed by atoms with E-state index in [0.29, 0.717) is 12.5 Å². The molecular formula is C22H34N4OS. The summed E-state index contributed by atoms with van der Waals surface area (Å²) >= 11 is 1.75. The number of rotatable bonds is 6. The second-order valence-corrected chi connectivity index (χ2v) is 8.67. The second-order valence-electron chi connectivity index (χ2n) is 7.79. The Labute approximate surface area is 173 Å². The number of likely N-dealkylation sites (tertiary alicyclic amines) is 1. The lowest BCUT2D eigenvalue weighted by atomic mass is 9.88. The Balaban J connectivity index is 1.52. The van der Waals surface area contributed by atoms with Crippen molar-refractivity contribution in [1.82, 2.24) is 15.5 Å². The third kappa shape index (κ3) is 5.90. The summed E-state index contributed by atoms with van der Waals surface area (Å²) in [5.41, 5.74) is 1.20. The van der Waals surface area contributed by atoms with Gasteiger partial charge in [0.15, 0.2) is 5.96 Å². The van der Waals surface area contributed by atoms with E-state index in [2.05, 4.69) is 53.0 Å². The molecule has 1 aromatic carbocycles. The van der Waals surface area contributed by atoms with E-state index in [0.717, 1.165) is 44.9 Å². The van der Waals surface area contributed by atoms with Gasteiger partial charge in [-0.05, 0) is 50.1 Å². The van der Waals surface area contributed by atoms with Crippen LogP contribution in [0.3, 0.4) is 0 Å². The number of benzene rings is 1. The Morgan fingerprint density at radius 3 is 2.61 bits per heavy atom. The minimum absolute atomic E-state index is 0.263. The number of guanidine groups is 1. The van der Waals surface area contributed by atoms with Crippen LogP contribution in [0.5, 0.6) is 0 Å². The molecule has 2 N–H and O–H groups in total. The van der Waals surface area contributed by atoms with Gasteiger partial charge in [0.1, 0.15) is 0 Å². The Morgan fingerprint density at radius 1 is 1.18 bits per heavy atom. The Hall–Kier alpha value is -1.69. The number of hydrogen-bond acceptors (Lipinski definition) is 3. The van der Waals surface area contributed by atoms with E-state index >= 15 is 0 Å². The first-order valence-electron chi connectivity index (χ1n) is 10.7. The van der Waals surface area contributed by atoms with E-state index in [1.54, 1.807) is 11.8 Å². The molecule has 0 bridgehead atoms. The van der Waals surface area contributed by atoms with Gasteiger partial charge in [-0.25, -0.2) is 4.99 Å². The first-order chi connectivity index (χ1) is 13.7. The maximum atomic E-state index is 12.8. The van der Waals surface area contributed by atoms with E-state index in [9.17, 15) is 4.79 Å². The van der Waals surface area contributed by atoms with Gasteiger partial charge < -0.3 is 15.5 Å². The highest BCUT2D eigenvalue weighted by atomic mass is 32.2. The van der Waals surface area contributed by atoms with Gasteiger partial charge in [0.2, 0.25) is 5.91 Å². The topological polar surface area (TPSA) is 56.7 Å². The van der Waals surface area contributed by atoms with Crippen LogP contribution in [0.2, 0.25) is 0 Å². The summed E-state index contributed by atoms with van der Waals surface area (Å²) in [5, 5.41) is 6.88. The number of hydrogen-bond donors (Lipinski definition) is 2. The van der Waals surface area contributed by atoms with Crippen molar-refractivity contribution in [3.05, 3.63) is 29.8 Å². The number of nitrogens with one attached hydrogen (secondary N) is 2. The molecule has 0 aromatic heterocycles. The molecule has 3 rings (SSSR count). The molecule has 1 atom stereocenters. The van der Waals surface area contributed by atoms with E-state index in [1.807, 2.05) is 0 Å². The van der Waals surface area contributed by atoms with Crippen molar-refractivity contribution >= 4 is 23.6 Å². The fraction of sp³-hybridized carbons (Fsp3) is 0.636. The number of thioether (sulfide) groups is 1. The van der Waals surface area contributed by atoms with Crippen molar-refractivity contribution in [3.8, 4) is 0 Å². The first-order valence-corrected chi connectivity index (χ1v) is 11.9. The Kier molecular flexibility index (Phi) is 8.07. The Bertz CT molecular complexity index is 655. The van der Waals surface area contributed by atoms with Crippen molar-refractivity contribution in [2.45, 2.75) is 62.9 Å². The average molecular weight is 403 g/mol. The third-order valence-electron chi connectivity index (χ3n) is 5.72. The third-order valence-corrected chi connectivity index (χ3v) is 6.46. The lowest BCUT2D eigenvalue weighted by molar-refractivity contribution is -0.135. The van der Waals surface area contributed by atoms with Crippen LogP contribution in [0.1, 0.15) is 51.0 Å². The zero-order valence-corrected chi connectivity index (χ0v) is 18.1. The van der Waals surface area contributed by atoms with Crippen LogP contribution in [0.4, 0.5) is 0 Å². The minimum Gasteiger partial charge on any atom is -0.357 e. The molecule has 1 saturated carbocycles. The fourth-order valence-electron chi connectivity index (χ4n) is 4.10. The lowest BCUT2D eigenvalue weighted by Crippen LogP contribution is -2.45. The molecule has 1 aliphatic carbocycles. The van der Waals surface area contributed by atoms with Crippen LogP contribution in [-0.4, -0.2) is 48.7 Å². The van der Waals surface area contributed by atoms with Crippen LogP contribution >= 0.6 is 11.8 Å². The number of amides is 1. The SMILES string of the molecule is CCNC(=NCc1ccc(SC)cc1)NC1CCN(C(=O)C2CCCCC2)C1. The summed E-state index contributed by atoms with van der Waals surface area (Å²) in [6.07, 6.45) is 8.94. The largest absolute Gasteiger partial charge is 0.357 e. The van der Waals surface area contributed by atoms with Gasteiger partial charge in [0, 0.05) is 36.5 Å². The molecule has 1 unspecified atom stereocenters. The number of aliphatic imine (C=N–C) groups is 1. The molecule has 1 saturated heterocycles. The lowest BCUT2D eigenvalue weighted by Gasteiger charge is -2.26. The van der Waals surface area contributed by atoms with Crippen molar-refractivity contribution in [2.75, 3.05) is 25.9 Å². The predicted molar refractivity (Wildman–Crippen MR) is 118 cm³/mol. The summed E-state index contributed by atoms with van der Waals surface area (Å²) in [7, 11) is 0. The highest BCUT2D eigenvalue weighted by Gasteiger charge is 2.31. The molecule has 1 aliphatic heterocycles. The Morgan fingerprint density at radius 2 is 1.93 bits per heavy atom. The van der Waals surface area contributed by atoms with Gasteiger partial charge in [-0.3, -0.25) is 4.79 Å². The van der Waals surface area contributed by atoms with Gasteiger partial charge in [-0.2, -0.15) is 0 Å². The van der Waals surface area contributed by atoms with Gasteiger partial charge in [0.05, 0.1) is 6.54 Å². The summed E-state index contributed by atoms with van der Waals surface area (Å²) in [5.74, 6) is 1.48. The van der Waals surface area contributed by atoms with Gasteiger partial charge in [-0.1, -0.05) is 31.4 Å². The quantitative estimate of drug-likeness (QED) is 0.433. The molecule has 2 aliphatic rings. The van der Waals surface area contributed by atoms with E-state index in [1.165, 1.54) is 29.7 Å². The molecule has 154 valence electrons. The van der Waals surface area contributed by atoms with Crippen molar-refractivity contribution in [2.24, 2.45) is 10.9 Å². The summed E-state index contributed by atoms with van der Waals surface area (Å²) in [6, 6.07) is 8.84. The maximum absolute atomic E-state index is 12.8. The van der Waals surface area contributed by atoms with Gasteiger partial charge >= 0.3 is 0 Å². The molecule has 5 nitrogen and oxygen atoms in total.